The normalized spacial score (nSPS) is 35.1. The van der Waals surface area contributed by atoms with Crippen molar-refractivity contribution in [3.8, 4) is 11.5 Å². The largest absolute Gasteiger partial charge is 0.506 e. The molecule has 5 atom stereocenters. The molecule has 1 aromatic rings. The number of aromatic hydroxyl groups is 2. The van der Waals surface area contributed by atoms with Gasteiger partial charge in [0.2, 0.25) is 5.91 Å². The first kappa shape index (κ1) is 19.9. The summed E-state index contributed by atoms with van der Waals surface area (Å²) in [7, 11) is 0. The Morgan fingerprint density at radius 1 is 1.32 bits per heavy atom. The van der Waals surface area contributed by atoms with Gasteiger partial charge in [0.15, 0.2) is 5.75 Å². The zero-order valence-electron chi connectivity index (χ0n) is 17.0. The Hall–Kier alpha value is -3.01. The highest BCUT2D eigenvalue weighted by atomic mass is 16.6. The van der Waals surface area contributed by atoms with Gasteiger partial charge in [-0.2, -0.15) is 0 Å². The third-order valence-electron chi connectivity index (χ3n) is 7.42. The molecule has 10 nitrogen and oxygen atoms in total. The number of aromatic carboxylic acids is 1. The van der Waals surface area contributed by atoms with E-state index >= 15 is 0 Å². The molecule has 3 aliphatic heterocycles. The molecule has 4 bridgehead atoms. The van der Waals surface area contributed by atoms with Gasteiger partial charge in [-0.05, 0) is 44.2 Å². The number of anilines is 1. The lowest BCUT2D eigenvalue weighted by Crippen LogP contribution is -2.65. The van der Waals surface area contributed by atoms with E-state index < -0.39 is 35.0 Å². The number of cyclic esters (lactones) is 1. The Balaban J connectivity index is 1.30. The van der Waals surface area contributed by atoms with E-state index in [0.717, 1.165) is 31.4 Å². The average molecular weight is 432 g/mol. The summed E-state index contributed by atoms with van der Waals surface area (Å²) in [6.45, 7) is 2.58. The smallest absolute Gasteiger partial charge is 0.410 e. The maximum atomic E-state index is 12.5. The minimum atomic E-state index is -1.39. The summed E-state index contributed by atoms with van der Waals surface area (Å²) < 4.78 is 11.8. The number of nitrogens with one attached hydrogen (secondary N) is 1. The van der Waals surface area contributed by atoms with Gasteiger partial charge in [0.05, 0.1) is 17.7 Å². The predicted molar refractivity (Wildman–Crippen MR) is 105 cm³/mol. The number of nitrogens with zero attached hydrogens (tertiary/aromatic N) is 1. The first-order valence-corrected chi connectivity index (χ1v) is 10.3. The maximum Gasteiger partial charge on any atom is 0.410 e. The van der Waals surface area contributed by atoms with Crippen molar-refractivity contribution in [2.75, 3.05) is 18.5 Å². The topological polar surface area (TPSA) is 146 Å². The molecule has 3 saturated heterocycles. The van der Waals surface area contributed by atoms with Gasteiger partial charge in [-0.25, -0.2) is 9.59 Å². The first-order valence-electron chi connectivity index (χ1n) is 10.3. The Kier molecular flexibility index (Phi) is 4.17. The van der Waals surface area contributed by atoms with Crippen LogP contribution in [-0.4, -0.2) is 69.1 Å². The average Bonchev–Trinajstić information content (AvgIpc) is 3.07. The van der Waals surface area contributed by atoms with Gasteiger partial charge in [-0.1, -0.05) is 0 Å². The van der Waals surface area contributed by atoms with Crippen molar-refractivity contribution in [1.29, 1.82) is 0 Å². The number of carbonyl (C=O) groups is 3. The molecule has 4 N–H and O–H groups in total. The molecular formula is C21H24N2O8. The van der Waals surface area contributed by atoms with E-state index in [1.54, 1.807) is 4.90 Å². The van der Waals surface area contributed by atoms with Crippen molar-refractivity contribution in [1.82, 2.24) is 4.90 Å². The molecule has 2 saturated carbocycles. The van der Waals surface area contributed by atoms with Crippen molar-refractivity contribution in [2.24, 2.45) is 11.3 Å². The fraction of sp³-hybridized carbons (Fsp3) is 0.571. The van der Waals surface area contributed by atoms with Gasteiger partial charge in [0.25, 0.3) is 0 Å². The number of ether oxygens (including phenoxy) is 2. The van der Waals surface area contributed by atoms with Crippen LogP contribution in [0.5, 0.6) is 11.5 Å². The highest BCUT2D eigenvalue weighted by molar-refractivity contribution is 5.99. The molecule has 166 valence electrons. The van der Waals surface area contributed by atoms with Gasteiger partial charge < -0.3 is 35.0 Å². The second-order valence-corrected chi connectivity index (χ2v) is 9.30. The summed E-state index contributed by atoms with van der Waals surface area (Å²) in [6, 6.07) is 1.97. The van der Waals surface area contributed by atoms with E-state index in [0.29, 0.717) is 12.5 Å². The molecule has 0 radical (unpaired) electrons. The number of hydrogen-bond acceptors (Lipinski definition) is 7. The molecule has 1 spiro atoms. The summed E-state index contributed by atoms with van der Waals surface area (Å²) in [5.74, 6) is -2.71. The van der Waals surface area contributed by atoms with Crippen LogP contribution in [0.2, 0.25) is 0 Å². The van der Waals surface area contributed by atoms with Crippen molar-refractivity contribution in [2.45, 2.75) is 50.4 Å². The Morgan fingerprint density at radius 2 is 2.10 bits per heavy atom. The number of carboxylic acid groups (broad SMARTS) is 1. The number of hydrogen-bond donors (Lipinski definition) is 4. The lowest BCUT2D eigenvalue weighted by molar-refractivity contribution is -0.171. The molecule has 6 rings (SSSR count). The van der Waals surface area contributed by atoms with Crippen LogP contribution in [-0.2, 0) is 14.3 Å². The lowest BCUT2D eigenvalue weighted by Gasteiger charge is -2.53. The highest BCUT2D eigenvalue weighted by Gasteiger charge is 2.71. The molecule has 2 aliphatic carbocycles. The molecule has 31 heavy (non-hydrogen) atoms. The van der Waals surface area contributed by atoms with Crippen molar-refractivity contribution in [3.63, 3.8) is 0 Å². The predicted octanol–water partition coefficient (Wildman–Crippen LogP) is 1.90. The van der Waals surface area contributed by atoms with Crippen molar-refractivity contribution >= 4 is 23.7 Å². The van der Waals surface area contributed by atoms with Crippen LogP contribution in [0.15, 0.2) is 12.1 Å². The van der Waals surface area contributed by atoms with Gasteiger partial charge in [0.1, 0.15) is 23.6 Å². The zero-order valence-corrected chi connectivity index (χ0v) is 17.0. The van der Waals surface area contributed by atoms with Gasteiger partial charge in [-0.15, -0.1) is 0 Å². The first-order chi connectivity index (χ1) is 14.6. The van der Waals surface area contributed by atoms with Crippen molar-refractivity contribution < 1.29 is 39.2 Å². The van der Waals surface area contributed by atoms with E-state index in [2.05, 4.69) is 12.2 Å². The van der Waals surface area contributed by atoms with Crippen LogP contribution in [0, 0.1) is 11.3 Å². The standard InChI is InChI=1S/C21H24N2O8/c1-20-8-21-7-10(20)6-13(31-20)17(21)23(19(29)30-9-21)5-4-14(25)22-15-12(24)3-2-11(16(15)26)18(27)28/h2-3,10,13,17,24,26H,4-9H2,1H3,(H,22,25)(H,27,28). The number of amides is 2. The second-order valence-electron chi connectivity index (χ2n) is 9.30. The Morgan fingerprint density at radius 3 is 2.81 bits per heavy atom. The van der Waals surface area contributed by atoms with Crippen LogP contribution < -0.4 is 5.32 Å². The maximum absolute atomic E-state index is 12.5. The lowest BCUT2D eigenvalue weighted by atomic mass is 9.69. The van der Waals surface area contributed by atoms with E-state index in [9.17, 15) is 24.6 Å². The minimum absolute atomic E-state index is 0.0752. The van der Waals surface area contributed by atoms with Crippen LogP contribution >= 0.6 is 0 Å². The summed E-state index contributed by atoms with van der Waals surface area (Å²) in [4.78, 5) is 37.8. The molecule has 5 fully saturated rings. The SMILES string of the molecule is CC12CC34COC(=O)N(CCC(=O)Nc5c(O)ccc(C(=O)O)c5O)C3C(CC1C4)O2. The van der Waals surface area contributed by atoms with E-state index in [1.807, 2.05) is 0 Å². The number of carbonyl (C=O) groups excluding carboxylic acids is 2. The van der Waals surface area contributed by atoms with Gasteiger partial charge in [0, 0.05) is 18.4 Å². The molecule has 3 heterocycles. The quantitative estimate of drug-likeness (QED) is 0.516. The zero-order chi connectivity index (χ0) is 22.1. The minimum Gasteiger partial charge on any atom is -0.506 e. The third kappa shape index (κ3) is 2.84. The van der Waals surface area contributed by atoms with Crippen LogP contribution in [0.25, 0.3) is 0 Å². The Bertz CT molecular complexity index is 996. The number of phenols is 2. The fourth-order valence-electron chi connectivity index (χ4n) is 6.24. The van der Waals surface area contributed by atoms with Gasteiger partial charge in [-0.3, -0.25) is 4.79 Å². The number of phenolic OH excluding ortho intramolecular Hbond substituents is 1. The van der Waals surface area contributed by atoms with E-state index in [4.69, 9.17) is 14.6 Å². The second kappa shape index (κ2) is 6.49. The third-order valence-corrected chi connectivity index (χ3v) is 7.42. The molecule has 10 heteroatoms. The highest BCUT2D eigenvalue weighted by Crippen LogP contribution is 2.65. The summed E-state index contributed by atoms with van der Waals surface area (Å²) in [5.41, 5.74) is -1.15. The number of benzene rings is 1. The Labute approximate surface area is 177 Å². The van der Waals surface area contributed by atoms with Gasteiger partial charge >= 0.3 is 12.1 Å². The number of carboxylic acids is 1. The van der Waals surface area contributed by atoms with Crippen LogP contribution in [0.4, 0.5) is 10.5 Å². The monoisotopic (exact) mass is 432 g/mol. The molecule has 2 amide bonds. The summed E-state index contributed by atoms with van der Waals surface area (Å²) in [6.07, 6.45) is 1.97. The fourth-order valence-corrected chi connectivity index (χ4v) is 6.24. The summed E-state index contributed by atoms with van der Waals surface area (Å²) in [5, 5.41) is 31.5. The van der Waals surface area contributed by atoms with Crippen molar-refractivity contribution in [3.05, 3.63) is 17.7 Å². The molecule has 1 aromatic carbocycles. The number of rotatable bonds is 5. The van der Waals surface area contributed by atoms with Crippen LogP contribution in [0.3, 0.4) is 0 Å². The van der Waals surface area contributed by atoms with E-state index in [-0.39, 0.29) is 41.8 Å². The van der Waals surface area contributed by atoms with Crippen LogP contribution in [0.1, 0.15) is 43.0 Å². The molecular weight excluding hydrogens is 408 g/mol. The molecule has 5 aliphatic rings. The van der Waals surface area contributed by atoms with E-state index in [1.165, 1.54) is 0 Å². The molecule has 5 unspecified atom stereocenters. The molecule has 0 aromatic heterocycles. The summed E-state index contributed by atoms with van der Waals surface area (Å²) >= 11 is 0.